The van der Waals surface area contributed by atoms with Crippen LogP contribution in [0.4, 0.5) is 5.69 Å². The van der Waals surface area contributed by atoms with Crippen molar-refractivity contribution in [2.75, 3.05) is 11.9 Å². The maximum atomic E-state index is 3.46. The summed E-state index contributed by atoms with van der Waals surface area (Å²) in [5.41, 5.74) is 5.71. The van der Waals surface area contributed by atoms with Crippen LogP contribution in [0.15, 0.2) is 24.3 Å². The third-order valence-electron chi connectivity index (χ3n) is 2.55. The predicted octanol–water partition coefficient (Wildman–Crippen LogP) is 4.52. The molecule has 0 saturated heterocycles. The summed E-state index contributed by atoms with van der Waals surface area (Å²) in [5, 5.41) is 3.46. The second kappa shape index (κ2) is 7.28. The first kappa shape index (κ1) is 14.9. The number of rotatable bonds is 5. The first-order valence-electron chi connectivity index (χ1n) is 6.88. The fraction of sp³-hybridized carbons (Fsp3) is 0.500. The number of unbranched alkanes of at least 4 members (excludes halogenated alkanes) is 2. The van der Waals surface area contributed by atoms with Crippen molar-refractivity contribution in [1.29, 1.82) is 0 Å². The van der Waals surface area contributed by atoms with Crippen molar-refractivity contribution >= 4 is 13.8 Å². The third-order valence-corrected chi connectivity index (χ3v) is 3.43. The fourth-order valence-electron chi connectivity index (χ4n) is 1.57. The highest BCUT2D eigenvalue weighted by Gasteiger charge is 2.07. The minimum absolute atomic E-state index is 1.05. The Morgan fingerprint density at radius 2 is 1.94 bits per heavy atom. The summed E-state index contributed by atoms with van der Waals surface area (Å²) in [6.07, 6.45) is 3.80. The monoisotopic (exact) mass is 259 g/mol. The molecular weight excluding hydrogens is 234 g/mol. The lowest BCUT2D eigenvalue weighted by Crippen LogP contribution is -2.16. The lowest BCUT2D eigenvalue weighted by molar-refractivity contribution is 0.744. The normalized spacial score (nSPS) is 10.7. The second-order valence-corrected chi connectivity index (χ2v) is 10.5. The largest absolute Gasteiger partial charge is 0.385 e. The topological polar surface area (TPSA) is 12.0 Å². The first-order chi connectivity index (χ1) is 8.51. The third kappa shape index (κ3) is 6.51. The average Bonchev–Trinajstić information content (AvgIpc) is 2.32. The van der Waals surface area contributed by atoms with E-state index in [2.05, 4.69) is 67.6 Å². The lowest BCUT2D eigenvalue weighted by Gasteiger charge is -2.06. The van der Waals surface area contributed by atoms with Crippen LogP contribution in [-0.4, -0.2) is 14.6 Å². The molecule has 0 unspecified atom stereocenters. The average molecular weight is 259 g/mol. The Balaban J connectivity index is 2.59. The molecule has 0 atom stereocenters. The highest BCUT2D eigenvalue weighted by atomic mass is 28.3. The minimum atomic E-state index is -1.28. The van der Waals surface area contributed by atoms with Crippen molar-refractivity contribution in [2.24, 2.45) is 0 Å². The summed E-state index contributed by atoms with van der Waals surface area (Å²) >= 11 is 0. The fourth-order valence-corrected chi connectivity index (χ4v) is 2.09. The number of nitrogens with one attached hydrogen (secondary N) is 1. The Hall–Kier alpha value is -1.20. The van der Waals surface area contributed by atoms with Crippen molar-refractivity contribution in [3.05, 3.63) is 29.8 Å². The van der Waals surface area contributed by atoms with Gasteiger partial charge in [-0.1, -0.05) is 51.4 Å². The number of benzene rings is 1. The van der Waals surface area contributed by atoms with Crippen LogP contribution in [0.25, 0.3) is 0 Å². The number of anilines is 1. The predicted molar refractivity (Wildman–Crippen MR) is 84.7 cm³/mol. The molecule has 0 aliphatic carbocycles. The second-order valence-electron chi connectivity index (χ2n) is 5.71. The molecule has 0 amide bonds. The zero-order valence-electron chi connectivity index (χ0n) is 12.1. The maximum Gasteiger partial charge on any atom is 0.129 e. The lowest BCUT2D eigenvalue weighted by atomic mass is 10.2. The Kier molecular flexibility index (Phi) is 6.01. The molecule has 1 aromatic carbocycles. The van der Waals surface area contributed by atoms with Gasteiger partial charge in [0.2, 0.25) is 0 Å². The van der Waals surface area contributed by atoms with E-state index >= 15 is 0 Å². The van der Waals surface area contributed by atoms with Gasteiger partial charge in [0.05, 0.1) is 0 Å². The quantitative estimate of drug-likeness (QED) is 0.466. The van der Waals surface area contributed by atoms with E-state index in [0.717, 1.165) is 12.1 Å². The molecule has 1 aromatic rings. The molecule has 0 spiro atoms. The summed E-state index contributed by atoms with van der Waals surface area (Å²) in [7, 11) is -1.28. The standard InChI is InChI=1S/C16H25NSi/c1-5-6-7-12-17-16-10-8-9-15(14-16)11-13-18(2,3)4/h8-10,14,17H,5-7,12H2,1-4H3. The summed E-state index contributed by atoms with van der Waals surface area (Å²) < 4.78 is 0. The zero-order valence-corrected chi connectivity index (χ0v) is 13.1. The van der Waals surface area contributed by atoms with Gasteiger partial charge in [-0.05, 0) is 24.6 Å². The van der Waals surface area contributed by atoms with E-state index in [0.29, 0.717) is 0 Å². The molecule has 0 saturated carbocycles. The highest BCUT2D eigenvalue weighted by Crippen LogP contribution is 2.10. The minimum Gasteiger partial charge on any atom is -0.385 e. The van der Waals surface area contributed by atoms with Gasteiger partial charge >= 0.3 is 0 Å². The molecule has 0 heterocycles. The van der Waals surface area contributed by atoms with Crippen LogP contribution < -0.4 is 5.32 Å². The van der Waals surface area contributed by atoms with Crippen molar-refractivity contribution in [2.45, 2.75) is 45.8 Å². The summed E-state index contributed by atoms with van der Waals surface area (Å²) in [5.74, 6) is 3.30. The molecule has 18 heavy (non-hydrogen) atoms. The SMILES string of the molecule is CCCCCNc1cccc(C#C[Si](C)(C)C)c1. The van der Waals surface area contributed by atoms with Gasteiger partial charge in [0.1, 0.15) is 8.07 Å². The van der Waals surface area contributed by atoms with Crippen molar-refractivity contribution in [1.82, 2.24) is 0 Å². The molecule has 0 aromatic heterocycles. The van der Waals surface area contributed by atoms with Gasteiger partial charge in [-0.15, -0.1) is 5.54 Å². The Morgan fingerprint density at radius 3 is 2.61 bits per heavy atom. The molecule has 1 rings (SSSR count). The van der Waals surface area contributed by atoms with Crippen molar-refractivity contribution in [3.63, 3.8) is 0 Å². The number of hydrogen-bond acceptors (Lipinski definition) is 1. The Morgan fingerprint density at radius 1 is 1.17 bits per heavy atom. The molecule has 98 valence electrons. The van der Waals surface area contributed by atoms with Crippen LogP contribution in [0, 0.1) is 11.5 Å². The van der Waals surface area contributed by atoms with Crippen molar-refractivity contribution < 1.29 is 0 Å². The zero-order chi connectivity index (χ0) is 13.4. The van der Waals surface area contributed by atoms with Crippen LogP contribution >= 0.6 is 0 Å². The Labute approximate surface area is 113 Å². The van der Waals surface area contributed by atoms with E-state index in [-0.39, 0.29) is 0 Å². The van der Waals surface area contributed by atoms with E-state index < -0.39 is 8.07 Å². The van der Waals surface area contributed by atoms with Gasteiger partial charge in [-0.2, -0.15) is 0 Å². The molecule has 1 N–H and O–H groups in total. The molecule has 0 aliphatic rings. The molecule has 0 bridgehead atoms. The number of hydrogen-bond donors (Lipinski definition) is 1. The van der Waals surface area contributed by atoms with E-state index in [1.54, 1.807) is 0 Å². The first-order valence-corrected chi connectivity index (χ1v) is 10.4. The molecule has 0 radical (unpaired) electrons. The smallest absolute Gasteiger partial charge is 0.129 e. The van der Waals surface area contributed by atoms with Gasteiger partial charge in [0.25, 0.3) is 0 Å². The van der Waals surface area contributed by atoms with E-state index in [9.17, 15) is 0 Å². The molecule has 1 nitrogen and oxygen atoms in total. The highest BCUT2D eigenvalue weighted by molar-refractivity contribution is 6.83. The molecular formula is C16H25NSi. The van der Waals surface area contributed by atoms with Gasteiger partial charge in [-0.3, -0.25) is 0 Å². The summed E-state index contributed by atoms with van der Waals surface area (Å²) in [6, 6.07) is 8.44. The van der Waals surface area contributed by atoms with Gasteiger partial charge < -0.3 is 5.32 Å². The van der Waals surface area contributed by atoms with Crippen molar-refractivity contribution in [3.8, 4) is 11.5 Å². The van der Waals surface area contributed by atoms with E-state index in [4.69, 9.17) is 0 Å². The van der Waals surface area contributed by atoms with E-state index in [1.807, 2.05) is 0 Å². The molecule has 0 aliphatic heterocycles. The van der Waals surface area contributed by atoms with Crippen LogP contribution in [0.5, 0.6) is 0 Å². The van der Waals surface area contributed by atoms with Gasteiger partial charge in [-0.25, -0.2) is 0 Å². The van der Waals surface area contributed by atoms with Crippen LogP contribution in [0.2, 0.25) is 19.6 Å². The summed E-state index contributed by atoms with van der Waals surface area (Å²) in [4.78, 5) is 0. The maximum absolute atomic E-state index is 3.46. The summed E-state index contributed by atoms with van der Waals surface area (Å²) in [6.45, 7) is 10.1. The van der Waals surface area contributed by atoms with Crippen LogP contribution in [0.3, 0.4) is 0 Å². The van der Waals surface area contributed by atoms with Gasteiger partial charge in [0.15, 0.2) is 0 Å². The molecule has 2 heteroatoms. The van der Waals surface area contributed by atoms with Crippen LogP contribution in [-0.2, 0) is 0 Å². The Bertz CT molecular complexity index is 421. The van der Waals surface area contributed by atoms with Gasteiger partial charge in [0, 0.05) is 17.8 Å². The van der Waals surface area contributed by atoms with Crippen LogP contribution in [0.1, 0.15) is 31.7 Å². The molecule has 0 fully saturated rings. The van der Waals surface area contributed by atoms with E-state index in [1.165, 1.54) is 24.9 Å².